The minimum Gasteiger partial charge on any atom is -0.378 e. The number of hydrogen-bond donors (Lipinski definition) is 1. The number of nitrogens with one attached hydrogen (secondary N) is 1. The summed E-state index contributed by atoms with van der Waals surface area (Å²) >= 11 is 0. The van der Waals surface area contributed by atoms with E-state index in [2.05, 4.69) is 41.0 Å². The van der Waals surface area contributed by atoms with Gasteiger partial charge >= 0.3 is 0 Å². The zero-order valence-electron chi connectivity index (χ0n) is 11.8. The molecule has 0 aliphatic carbocycles. The SMILES string of the molecule is COC1CNCC1n1cc(C(C)C)c2cccnc21. The normalized spacial score (nSPS) is 23.6. The van der Waals surface area contributed by atoms with Crippen LogP contribution in [0.25, 0.3) is 11.0 Å². The summed E-state index contributed by atoms with van der Waals surface area (Å²) in [5.74, 6) is 0.503. The fourth-order valence-electron chi connectivity index (χ4n) is 2.98. The summed E-state index contributed by atoms with van der Waals surface area (Å²) in [5.41, 5.74) is 2.44. The lowest BCUT2D eigenvalue weighted by Gasteiger charge is -2.19. The Morgan fingerprint density at radius 2 is 2.26 bits per heavy atom. The molecule has 3 heterocycles. The van der Waals surface area contributed by atoms with Gasteiger partial charge in [-0.25, -0.2) is 4.98 Å². The number of aromatic nitrogens is 2. The lowest BCUT2D eigenvalue weighted by molar-refractivity contribution is 0.0877. The van der Waals surface area contributed by atoms with E-state index in [1.54, 1.807) is 7.11 Å². The Hall–Kier alpha value is -1.39. The quantitative estimate of drug-likeness (QED) is 0.919. The number of hydrogen-bond acceptors (Lipinski definition) is 3. The lowest BCUT2D eigenvalue weighted by Crippen LogP contribution is -2.24. The number of ether oxygens (including phenoxy) is 1. The predicted octanol–water partition coefficient (Wildman–Crippen LogP) is 2.32. The van der Waals surface area contributed by atoms with Crippen LogP contribution in [-0.4, -0.2) is 35.9 Å². The molecule has 2 atom stereocenters. The molecule has 2 unspecified atom stereocenters. The minimum atomic E-state index is 0.220. The smallest absolute Gasteiger partial charge is 0.140 e. The van der Waals surface area contributed by atoms with Gasteiger partial charge in [0.05, 0.1) is 12.1 Å². The molecule has 19 heavy (non-hydrogen) atoms. The number of nitrogens with zero attached hydrogens (tertiary/aromatic N) is 2. The van der Waals surface area contributed by atoms with Gasteiger partial charge < -0.3 is 14.6 Å². The average Bonchev–Trinajstić information content (AvgIpc) is 3.02. The molecule has 1 N–H and O–H groups in total. The molecule has 0 radical (unpaired) electrons. The molecule has 0 spiro atoms. The third kappa shape index (κ3) is 2.05. The average molecular weight is 259 g/mol. The Morgan fingerprint density at radius 3 is 3.00 bits per heavy atom. The van der Waals surface area contributed by atoms with Gasteiger partial charge in [0.2, 0.25) is 0 Å². The van der Waals surface area contributed by atoms with Gasteiger partial charge in [-0.1, -0.05) is 13.8 Å². The molecule has 4 nitrogen and oxygen atoms in total. The van der Waals surface area contributed by atoms with Crippen molar-refractivity contribution in [3.8, 4) is 0 Å². The zero-order valence-corrected chi connectivity index (χ0v) is 11.8. The van der Waals surface area contributed by atoms with Crippen molar-refractivity contribution in [3.63, 3.8) is 0 Å². The van der Waals surface area contributed by atoms with Crippen LogP contribution in [0.1, 0.15) is 31.4 Å². The van der Waals surface area contributed by atoms with Gasteiger partial charge in [0, 0.05) is 38.0 Å². The molecule has 0 bridgehead atoms. The molecule has 4 heteroatoms. The molecule has 2 aromatic heterocycles. The minimum absolute atomic E-state index is 0.220. The van der Waals surface area contributed by atoms with Crippen molar-refractivity contribution in [2.24, 2.45) is 0 Å². The first-order valence-corrected chi connectivity index (χ1v) is 6.91. The first-order chi connectivity index (χ1) is 9.22. The first-order valence-electron chi connectivity index (χ1n) is 6.91. The fourth-order valence-corrected chi connectivity index (χ4v) is 2.98. The highest BCUT2D eigenvalue weighted by Gasteiger charge is 2.30. The number of fused-ring (bicyclic) bond motifs is 1. The molecule has 1 fully saturated rings. The van der Waals surface area contributed by atoms with Gasteiger partial charge in [0.15, 0.2) is 0 Å². The van der Waals surface area contributed by atoms with Crippen LogP contribution < -0.4 is 5.32 Å². The van der Waals surface area contributed by atoms with E-state index >= 15 is 0 Å². The Kier molecular flexibility index (Phi) is 3.29. The summed E-state index contributed by atoms with van der Waals surface area (Å²) in [6.07, 6.45) is 4.34. The molecule has 0 amide bonds. The molecule has 102 valence electrons. The second kappa shape index (κ2) is 4.94. The Labute approximate surface area is 113 Å². The van der Waals surface area contributed by atoms with Crippen molar-refractivity contribution < 1.29 is 4.74 Å². The van der Waals surface area contributed by atoms with Crippen LogP contribution >= 0.6 is 0 Å². The Morgan fingerprint density at radius 1 is 1.42 bits per heavy atom. The monoisotopic (exact) mass is 259 g/mol. The molecule has 2 aromatic rings. The molecule has 1 saturated heterocycles. The van der Waals surface area contributed by atoms with Gasteiger partial charge in [-0.3, -0.25) is 0 Å². The molecular weight excluding hydrogens is 238 g/mol. The van der Waals surface area contributed by atoms with Crippen molar-refractivity contribution >= 4 is 11.0 Å². The number of methoxy groups -OCH3 is 1. The van der Waals surface area contributed by atoms with E-state index in [0.717, 1.165) is 18.7 Å². The van der Waals surface area contributed by atoms with Crippen LogP contribution in [-0.2, 0) is 4.74 Å². The van der Waals surface area contributed by atoms with Gasteiger partial charge in [-0.15, -0.1) is 0 Å². The van der Waals surface area contributed by atoms with E-state index in [9.17, 15) is 0 Å². The summed E-state index contributed by atoms with van der Waals surface area (Å²) in [4.78, 5) is 4.58. The molecular formula is C15H21N3O. The Balaban J connectivity index is 2.13. The van der Waals surface area contributed by atoms with Crippen LogP contribution in [0.15, 0.2) is 24.5 Å². The molecule has 1 aliphatic rings. The van der Waals surface area contributed by atoms with E-state index < -0.39 is 0 Å². The maximum atomic E-state index is 5.59. The van der Waals surface area contributed by atoms with E-state index in [0.29, 0.717) is 12.0 Å². The summed E-state index contributed by atoms with van der Waals surface area (Å²) in [6, 6.07) is 4.51. The largest absolute Gasteiger partial charge is 0.378 e. The predicted molar refractivity (Wildman–Crippen MR) is 76.5 cm³/mol. The standard InChI is InChI=1S/C15H21N3O/c1-10(2)12-9-18(13-7-16-8-14(13)19-3)15-11(12)5-4-6-17-15/h4-6,9-10,13-14,16H,7-8H2,1-3H3. The second-order valence-electron chi connectivity index (χ2n) is 5.52. The molecule has 0 saturated carbocycles. The number of rotatable bonds is 3. The second-order valence-corrected chi connectivity index (χ2v) is 5.52. The van der Waals surface area contributed by atoms with Crippen molar-refractivity contribution in [2.75, 3.05) is 20.2 Å². The topological polar surface area (TPSA) is 39.1 Å². The summed E-state index contributed by atoms with van der Waals surface area (Å²) in [5, 5.41) is 4.66. The maximum Gasteiger partial charge on any atom is 0.140 e. The van der Waals surface area contributed by atoms with Crippen LogP contribution in [0.3, 0.4) is 0 Å². The van der Waals surface area contributed by atoms with Crippen molar-refractivity contribution in [3.05, 3.63) is 30.1 Å². The molecule has 3 rings (SSSR count). The third-order valence-corrected chi connectivity index (χ3v) is 4.03. The van der Waals surface area contributed by atoms with Crippen LogP contribution in [0.2, 0.25) is 0 Å². The van der Waals surface area contributed by atoms with Crippen LogP contribution in [0.4, 0.5) is 0 Å². The maximum absolute atomic E-state index is 5.59. The zero-order chi connectivity index (χ0) is 13.4. The van der Waals surface area contributed by atoms with E-state index in [1.165, 1.54) is 10.9 Å². The van der Waals surface area contributed by atoms with Crippen LogP contribution in [0, 0.1) is 0 Å². The Bertz CT molecular complexity index is 576. The van der Waals surface area contributed by atoms with Gasteiger partial charge in [0.1, 0.15) is 5.65 Å². The van der Waals surface area contributed by atoms with Crippen molar-refractivity contribution in [1.82, 2.24) is 14.9 Å². The number of pyridine rings is 1. The summed E-state index contributed by atoms with van der Waals surface area (Å²) in [7, 11) is 1.78. The molecule has 1 aliphatic heterocycles. The highest BCUT2D eigenvalue weighted by atomic mass is 16.5. The first kappa shape index (κ1) is 12.6. The fraction of sp³-hybridized carbons (Fsp3) is 0.533. The van der Waals surface area contributed by atoms with Crippen molar-refractivity contribution in [2.45, 2.75) is 31.9 Å². The van der Waals surface area contributed by atoms with Crippen molar-refractivity contribution in [1.29, 1.82) is 0 Å². The molecule has 0 aromatic carbocycles. The van der Waals surface area contributed by atoms with E-state index in [4.69, 9.17) is 4.74 Å². The van der Waals surface area contributed by atoms with E-state index in [-0.39, 0.29) is 6.10 Å². The van der Waals surface area contributed by atoms with Gasteiger partial charge in [-0.2, -0.15) is 0 Å². The highest BCUT2D eigenvalue weighted by Crippen LogP contribution is 2.30. The summed E-state index contributed by atoms with van der Waals surface area (Å²) in [6.45, 7) is 6.31. The van der Waals surface area contributed by atoms with E-state index in [1.807, 2.05) is 12.3 Å². The third-order valence-electron chi connectivity index (χ3n) is 4.03. The summed E-state index contributed by atoms with van der Waals surface area (Å²) < 4.78 is 7.88. The van der Waals surface area contributed by atoms with Gasteiger partial charge in [-0.05, 0) is 23.6 Å². The van der Waals surface area contributed by atoms with Crippen LogP contribution in [0.5, 0.6) is 0 Å². The van der Waals surface area contributed by atoms with Gasteiger partial charge in [0.25, 0.3) is 0 Å². The highest BCUT2D eigenvalue weighted by molar-refractivity contribution is 5.81. The lowest BCUT2D eigenvalue weighted by atomic mass is 10.0.